The van der Waals surface area contributed by atoms with E-state index in [4.69, 9.17) is 10.5 Å². The lowest BCUT2D eigenvalue weighted by molar-refractivity contribution is -0.122. The average Bonchev–Trinajstić information content (AvgIpc) is 2.24. The zero-order valence-electron chi connectivity index (χ0n) is 8.61. The lowest BCUT2D eigenvalue weighted by Crippen LogP contribution is -2.23. The number of amides is 1. The molecule has 1 amide bonds. The maximum absolute atomic E-state index is 10.3. The lowest BCUT2D eigenvalue weighted by atomic mass is 10.2. The molecular weight excluding hydrogens is 192 g/mol. The summed E-state index contributed by atoms with van der Waals surface area (Å²) in [6, 6.07) is 10.1. The van der Waals surface area contributed by atoms with Crippen molar-refractivity contribution in [2.75, 3.05) is 19.8 Å². The molecule has 0 aromatic heterocycles. The van der Waals surface area contributed by atoms with E-state index in [1.54, 1.807) is 0 Å². The number of ether oxygens (including phenoxy) is 1. The quantitative estimate of drug-likeness (QED) is 0.632. The van der Waals surface area contributed by atoms with Crippen molar-refractivity contribution in [2.45, 2.75) is 6.54 Å². The van der Waals surface area contributed by atoms with E-state index in [-0.39, 0.29) is 6.61 Å². The maximum Gasteiger partial charge on any atom is 0.243 e. The zero-order valence-corrected chi connectivity index (χ0v) is 8.61. The third-order valence-electron chi connectivity index (χ3n) is 1.84. The van der Waals surface area contributed by atoms with Gasteiger partial charge in [0.15, 0.2) is 0 Å². The molecule has 4 nitrogen and oxygen atoms in total. The van der Waals surface area contributed by atoms with Gasteiger partial charge in [-0.3, -0.25) is 4.79 Å². The molecule has 0 atom stereocenters. The molecule has 0 fully saturated rings. The minimum absolute atomic E-state index is 0.00693. The summed E-state index contributed by atoms with van der Waals surface area (Å²) in [5.41, 5.74) is 6.14. The van der Waals surface area contributed by atoms with Crippen molar-refractivity contribution in [1.29, 1.82) is 0 Å². The van der Waals surface area contributed by atoms with E-state index < -0.39 is 5.91 Å². The summed E-state index contributed by atoms with van der Waals surface area (Å²) in [7, 11) is 0. The highest BCUT2D eigenvalue weighted by Crippen LogP contribution is 1.96. The first-order chi connectivity index (χ1) is 7.29. The van der Waals surface area contributed by atoms with E-state index in [9.17, 15) is 4.79 Å². The number of nitrogens with one attached hydrogen (secondary N) is 1. The Morgan fingerprint density at radius 2 is 2.07 bits per heavy atom. The summed E-state index contributed by atoms with van der Waals surface area (Å²) in [5, 5.41) is 3.20. The molecule has 0 aliphatic rings. The van der Waals surface area contributed by atoms with Gasteiger partial charge in [0, 0.05) is 13.1 Å². The van der Waals surface area contributed by atoms with Gasteiger partial charge in [0.25, 0.3) is 0 Å². The van der Waals surface area contributed by atoms with Crippen molar-refractivity contribution in [3.63, 3.8) is 0 Å². The number of benzene rings is 1. The summed E-state index contributed by atoms with van der Waals surface area (Å²) in [6.07, 6.45) is 0. The van der Waals surface area contributed by atoms with Crippen molar-refractivity contribution in [2.24, 2.45) is 5.73 Å². The highest BCUT2D eigenvalue weighted by molar-refractivity contribution is 5.74. The lowest BCUT2D eigenvalue weighted by Gasteiger charge is -2.04. The number of carbonyl (C=O) groups excluding carboxylic acids is 1. The standard InChI is InChI=1S/C11H16N2O2/c12-11(14)9-15-7-6-13-8-10-4-2-1-3-5-10/h1-5,13H,6-9H2,(H2,12,14). The Balaban J connectivity index is 2.00. The first-order valence-electron chi connectivity index (χ1n) is 4.90. The van der Waals surface area contributed by atoms with E-state index in [2.05, 4.69) is 17.4 Å². The Bertz CT molecular complexity index is 288. The third-order valence-corrected chi connectivity index (χ3v) is 1.84. The minimum atomic E-state index is -0.432. The minimum Gasteiger partial charge on any atom is -0.370 e. The van der Waals surface area contributed by atoms with E-state index in [0.717, 1.165) is 6.54 Å². The summed E-state index contributed by atoms with van der Waals surface area (Å²) in [6.45, 7) is 2.01. The Kier molecular flexibility index (Phi) is 5.43. The zero-order chi connectivity index (χ0) is 10.9. The van der Waals surface area contributed by atoms with E-state index in [0.29, 0.717) is 13.2 Å². The van der Waals surface area contributed by atoms with Gasteiger partial charge < -0.3 is 15.8 Å². The van der Waals surface area contributed by atoms with Crippen LogP contribution in [0.3, 0.4) is 0 Å². The topological polar surface area (TPSA) is 64.4 Å². The molecule has 0 aliphatic carbocycles. The van der Waals surface area contributed by atoms with Crippen LogP contribution < -0.4 is 11.1 Å². The second-order valence-electron chi connectivity index (χ2n) is 3.18. The van der Waals surface area contributed by atoms with Gasteiger partial charge in [-0.15, -0.1) is 0 Å². The molecular formula is C11H16N2O2. The molecule has 4 heteroatoms. The second kappa shape index (κ2) is 6.98. The van der Waals surface area contributed by atoms with E-state index in [1.165, 1.54) is 5.56 Å². The predicted octanol–water partition coefficient (Wildman–Crippen LogP) is 0.278. The molecule has 0 heterocycles. The molecule has 0 saturated carbocycles. The predicted molar refractivity (Wildman–Crippen MR) is 58.2 cm³/mol. The average molecular weight is 208 g/mol. The fourth-order valence-electron chi connectivity index (χ4n) is 1.15. The van der Waals surface area contributed by atoms with Gasteiger partial charge in [0.05, 0.1) is 6.61 Å². The van der Waals surface area contributed by atoms with Crippen molar-refractivity contribution in [1.82, 2.24) is 5.32 Å². The molecule has 0 aliphatic heterocycles. The third kappa shape index (κ3) is 5.83. The molecule has 1 aromatic carbocycles. The largest absolute Gasteiger partial charge is 0.370 e. The van der Waals surface area contributed by atoms with Crippen LogP contribution in [-0.4, -0.2) is 25.7 Å². The van der Waals surface area contributed by atoms with Crippen LogP contribution in [0.1, 0.15) is 5.56 Å². The molecule has 1 rings (SSSR count). The van der Waals surface area contributed by atoms with Crippen LogP contribution in [0.2, 0.25) is 0 Å². The number of hydrogen-bond acceptors (Lipinski definition) is 3. The molecule has 0 spiro atoms. The van der Waals surface area contributed by atoms with E-state index in [1.807, 2.05) is 18.2 Å². The number of carbonyl (C=O) groups is 1. The summed E-state index contributed by atoms with van der Waals surface area (Å²) in [4.78, 5) is 10.3. The van der Waals surface area contributed by atoms with E-state index >= 15 is 0 Å². The number of primary amides is 1. The molecule has 3 N–H and O–H groups in total. The van der Waals surface area contributed by atoms with Gasteiger partial charge in [-0.05, 0) is 5.56 Å². The Morgan fingerprint density at radius 1 is 1.33 bits per heavy atom. The highest BCUT2D eigenvalue weighted by Gasteiger charge is 1.93. The smallest absolute Gasteiger partial charge is 0.243 e. The molecule has 0 unspecified atom stereocenters. The normalized spacial score (nSPS) is 10.1. The SMILES string of the molecule is NC(=O)COCCNCc1ccccc1. The van der Waals surface area contributed by atoms with Crippen LogP contribution in [0.5, 0.6) is 0 Å². The summed E-state index contributed by atoms with van der Waals surface area (Å²) in [5.74, 6) is -0.432. The van der Waals surface area contributed by atoms with Gasteiger partial charge in [0.2, 0.25) is 5.91 Å². The van der Waals surface area contributed by atoms with Crippen molar-refractivity contribution >= 4 is 5.91 Å². The van der Waals surface area contributed by atoms with Crippen LogP contribution >= 0.6 is 0 Å². The first-order valence-corrected chi connectivity index (χ1v) is 4.90. The van der Waals surface area contributed by atoms with Crippen LogP contribution in [0, 0.1) is 0 Å². The Hall–Kier alpha value is -1.39. The summed E-state index contributed by atoms with van der Waals surface area (Å²) < 4.78 is 5.00. The van der Waals surface area contributed by atoms with Gasteiger partial charge >= 0.3 is 0 Å². The molecule has 15 heavy (non-hydrogen) atoms. The number of nitrogens with two attached hydrogens (primary N) is 1. The Morgan fingerprint density at radius 3 is 2.73 bits per heavy atom. The van der Waals surface area contributed by atoms with Crippen molar-refractivity contribution < 1.29 is 9.53 Å². The van der Waals surface area contributed by atoms with Gasteiger partial charge in [-0.1, -0.05) is 30.3 Å². The Labute approximate surface area is 89.4 Å². The monoisotopic (exact) mass is 208 g/mol. The number of hydrogen-bond donors (Lipinski definition) is 2. The maximum atomic E-state index is 10.3. The van der Waals surface area contributed by atoms with Crippen LogP contribution in [0.25, 0.3) is 0 Å². The van der Waals surface area contributed by atoms with Crippen molar-refractivity contribution in [3.8, 4) is 0 Å². The second-order valence-corrected chi connectivity index (χ2v) is 3.18. The van der Waals surface area contributed by atoms with Gasteiger partial charge in [0.1, 0.15) is 6.61 Å². The fourth-order valence-corrected chi connectivity index (χ4v) is 1.15. The van der Waals surface area contributed by atoms with Crippen LogP contribution in [0.15, 0.2) is 30.3 Å². The van der Waals surface area contributed by atoms with Crippen LogP contribution in [-0.2, 0) is 16.1 Å². The highest BCUT2D eigenvalue weighted by atomic mass is 16.5. The number of rotatable bonds is 7. The first kappa shape index (κ1) is 11.7. The van der Waals surface area contributed by atoms with Crippen LogP contribution in [0.4, 0.5) is 0 Å². The molecule has 82 valence electrons. The molecule has 1 aromatic rings. The fraction of sp³-hybridized carbons (Fsp3) is 0.364. The molecule has 0 saturated heterocycles. The van der Waals surface area contributed by atoms with Gasteiger partial charge in [-0.25, -0.2) is 0 Å². The molecule has 0 radical (unpaired) electrons. The molecule has 0 bridgehead atoms. The summed E-state index contributed by atoms with van der Waals surface area (Å²) >= 11 is 0. The van der Waals surface area contributed by atoms with Gasteiger partial charge in [-0.2, -0.15) is 0 Å². The van der Waals surface area contributed by atoms with Crippen molar-refractivity contribution in [3.05, 3.63) is 35.9 Å².